The number of hydrogen-bond donors (Lipinski definition) is 1. The van der Waals surface area contributed by atoms with Crippen LogP contribution in [-0.2, 0) is 16.8 Å². The summed E-state index contributed by atoms with van der Waals surface area (Å²) in [5, 5.41) is 3.39. The zero-order valence-corrected chi connectivity index (χ0v) is 13.3. The molecule has 1 aliphatic rings. The summed E-state index contributed by atoms with van der Waals surface area (Å²) in [4.78, 5) is 11.7. The van der Waals surface area contributed by atoms with Crippen LogP contribution in [0.2, 0.25) is 0 Å². The van der Waals surface area contributed by atoms with Gasteiger partial charge in [-0.25, -0.2) is 4.79 Å². The van der Waals surface area contributed by atoms with Crippen LogP contribution >= 0.6 is 0 Å². The molecule has 3 rings (SSSR count). The summed E-state index contributed by atoms with van der Waals surface area (Å²) in [6, 6.07) is 7.45. The van der Waals surface area contributed by atoms with Crippen LogP contribution in [0.15, 0.2) is 34.9 Å². The van der Waals surface area contributed by atoms with E-state index < -0.39 is 5.97 Å². The Morgan fingerprint density at radius 2 is 2.04 bits per heavy atom. The van der Waals surface area contributed by atoms with Crippen molar-refractivity contribution < 1.29 is 23.4 Å². The molecule has 0 radical (unpaired) electrons. The van der Waals surface area contributed by atoms with E-state index in [4.69, 9.17) is 18.6 Å². The molecular weight excluding hydrogens is 298 g/mol. The highest BCUT2D eigenvalue weighted by Crippen LogP contribution is 2.35. The van der Waals surface area contributed by atoms with Gasteiger partial charge in [-0.1, -0.05) is 6.07 Å². The minimum Gasteiger partial charge on any atom is -0.467 e. The molecule has 1 aromatic heterocycles. The second kappa shape index (κ2) is 5.96. The van der Waals surface area contributed by atoms with Gasteiger partial charge in [0.15, 0.2) is 11.5 Å². The van der Waals surface area contributed by atoms with Crippen LogP contribution < -0.4 is 14.8 Å². The fraction of sp³-hybridized carbons (Fsp3) is 0.353. The van der Waals surface area contributed by atoms with Gasteiger partial charge >= 0.3 is 5.97 Å². The van der Waals surface area contributed by atoms with Crippen LogP contribution in [-0.4, -0.2) is 19.9 Å². The third-order valence-electron chi connectivity index (χ3n) is 3.94. The van der Waals surface area contributed by atoms with Gasteiger partial charge in [0.25, 0.3) is 0 Å². The van der Waals surface area contributed by atoms with Crippen LogP contribution in [0.5, 0.6) is 11.5 Å². The molecule has 0 fully saturated rings. The number of benzene rings is 1. The molecule has 0 unspecified atom stereocenters. The number of furan rings is 1. The van der Waals surface area contributed by atoms with Crippen molar-refractivity contribution in [2.75, 3.05) is 13.9 Å². The standard InChI is InChI=1S/C17H19NO5/c1-17(2,11-4-5-13-14(8-11)23-10-22-13)18-9-15-12(6-7-21-15)16(19)20-3/h4-8,18H,9-10H2,1-3H3. The normalized spacial score (nSPS) is 13.2. The molecular formula is C17H19NO5. The van der Waals surface area contributed by atoms with E-state index >= 15 is 0 Å². The maximum atomic E-state index is 11.7. The third-order valence-corrected chi connectivity index (χ3v) is 3.94. The zero-order valence-electron chi connectivity index (χ0n) is 13.3. The first-order valence-electron chi connectivity index (χ1n) is 7.31. The fourth-order valence-corrected chi connectivity index (χ4v) is 2.46. The maximum absolute atomic E-state index is 11.7. The number of fused-ring (bicyclic) bond motifs is 1. The Labute approximate surface area is 134 Å². The molecule has 0 aliphatic carbocycles. The largest absolute Gasteiger partial charge is 0.467 e. The molecule has 2 heterocycles. The van der Waals surface area contributed by atoms with Crippen molar-refractivity contribution in [3.05, 3.63) is 47.4 Å². The quantitative estimate of drug-likeness (QED) is 0.855. The van der Waals surface area contributed by atoms with Gasteiger partial charge in [-0.2, -0.15) is 0 Å². The molecule has 122 valence electrons. The summed E-state index contributed by atoms with van der Waals surface area (Å²) in [6.07, 6.45) is 1.48. The Morgan fingerprint density at radius 1 is 1.26 bits per heavy atom. The third kappa shape index (κ3) is 3.03. The highest BCUT2D eigenvalue weighted by Gasteiger charge is 2.25. The van der Waals surface area contributed by atoms with E-state index in [0.29, 0.717) is 17.9 Å². The molecule has 1 aromatic carbocycles. The number of methoxy groups -OCH3 is 1. The smallest absolute Gasteiger partial charge is 0.341 e. The first-order valence-corrected chi connectivity index (χ1v) is 7.31. The number of esters is 1. The summed E-state index contributed by atoms with van der Waals surface area (Å²) in [5.74, 6) is 1.64. The molecule has 0 amide bonds. The van der Waals surface area contributed by atoms with Crippen molar-refractivity contribution in [2.45, 2.75) is 25.9 Å². The molecule has 1 N–H and O–H groups in total. The topological polar surface area (TPSA) is 69.9 Å². The van der Waals surface area contributed by atoms with Crippen molar-refractivity contribution >= 4 is 5.97 Å². The molecule has 6 heteroatoms. The maximum Gasteiger partial charge on any atom is 0.341 e. The minimum absolute atomic E-state index is 0.252. The Morgan fingerprint density at radius 3 is 2.83 bits per heavy atom. The summed E-state index contributed by atoms with van der Waals surface area (Å²) in [7, 11) is 1.35. The highest BCUT2D eigenvalue weighted by molar-refractivity contribution is 5.90. The summed E-state index contributed by atoms with van der Waals surface area (Å²) in [5.41, 5.74) is 1.13. The van der Waals surface area contributed by atoms with Crippen LogP contribution in [0, 0.1) is 0 Å². The Balaban J connectivity index is 1.74. The SMILES string of the molecule is COC(=O)c1ccoc1CNC(C)(C)c1ccc2c(c1)OCO2. The van der Waals surface area contributed by atoms with Crippen molar-refractivity contribution in [1.82, 2.24) is 5.32 Å². The van der Waals surface area contributed by atoms with Gasteiger partial charge in [-0.3, -0.25) is 0 Å². The minimum atomic E-state index is -0.406. The van der Waals surface area contributed by atoms with Gasteiger partial charge in [-0.15, -0.1) is 0 Å². The van der Waals surface area contributed by atoms with Crippen LogP contribution in [0.1, 0.15) is 35.5 Å². The van der Waals surface area contributed by atoms with E-state index in [0.717, 1.165) is 17.1 Å². The lowest BCUT2D eigenvalue weighted by atomic mass is 9.93. The van der Waals surface area contributed by atoms with Crippen molar-refractivity contribution in [1.29, 1.82) is 0 Å². The number of carbonyl (C=O) groups excluding carboxylic acids is 1. The molecule has 0 saturated carbocycles. The number of carbonyl (C=O) groups is 1. The summed E-state index contributed by atoms with van der Waals surface area (Å²) in [6.45, 7) is 4.75. The van der Waals surface area contributed by atoms with E-state index in [1.54, 1.807) is 6.07 Å². The summed E-state index contributed by atoms with van der Waals surface area (Å²) < 4.78 is 20.9. The predicted octanol–water partition coefficient (Wildman–Crippen LogP) is 2.82. The molecule has 1 aliphatic heterocycles. The van der Waals surface area contributed by atoms with Gasteiger partial charge in [0, 0.05) is 5.54 Å². The lowest BCUT2D eigenvalue weighted by molar-refractivity contribution is 0.0597. The molecule has 23 heavy (non-hydrogen) atoms. The molecule has 0 bridgehead atoms. The Kier molecular flexibility index (Phi) is 4.00. The summed E-state index contributed by atoms with van der Waals surface area (Å²) >= 11 is 0. The first kappa shape index (κ1) is 15.4. The van der Waals surface area contributed by atoms with Gasteiger partial charge < -0.3 is 23.9 Å². The van der Waals surface area contributed by atoms with Crippen molar-refractivity contribution in [2.24, 2.45) is 0 Å². The fourth-order valence-electron chi connectivity index (χ4n) is 2.46. The molecule has 0 atom stereocenters. The van der Waals surface area contributed by atoms with Gasteiger partial charge in [0.2, 0.25) is 6.79 Å². The van der Waals surface area contributed by atoms with Gasteiger partial charge in [0.1, 0.15) is 11.3 Å². The zero-order chi connectivity index (χ0) is 16.4. The molecule has 0 spiro atoms. The van der Waals surface area contributed by atoms with E-state index in [-0.39, 0.29) is 12.3 Å². The molecule has 6 nitrogen and oxygen atoms in total. The van der Waals surface area contributed by atoms with Crippen molar-refractivity contribution in [3.8, 4) is 11.5 Å². The average molecular weight is 317 g/mol. The highest BCUT2D eigenvalue weighted by atomic mass is 16.7. The van der Waals surface area contributed by atoms with E-state index in [1.807, 2.05) is 32.0 Å². The second-order valence-corrected chi connectivity index (χ2v) is 5.80. The second-order valence-electron chi connectivity index (χ2n) is 5.80. The van der Waals surface area contributed by atoms with Crippen LogP contribution in [0.3, 0.4) is 0 Å². The van der Waals surface area contributed by atoms with Gasteiger partial charge in [0.05, 0.1) is 19.9 Å². The van der Waals surface area contributed by atoms with Crippen molar-refractivity contribution in [3.63, 3.8) is 0 Å². The number of ether oxygens (including phenoxy) is 3. The van der Waals surface area contributed by atoms with Crippen LogP contribution in [0.4, 0.5) is 0 Å². The lowest BCUT2D eigenvalue weighted by Crippen LogP contribution is -2.36. The molecule has 2 aromatic rings. The van der Waals surface area contributed by atoms with E-state index in [2.05, 4.69) is 5.32 Å². The number of hydrogen-bond acceptors (Lipinski definition) is 6. The van der Waals surface area contributed by atoms with E-state index in [9.17, 15) is 4.79 Å². The van der Waals surface area contributed by atoms with Gasteiger partial charge in [-0.05, 0) is 37.6 Å². The average Bonchev–Trinajstić information content (AvgIpc) is 3.20. The Bertz CT molecular complexity index is 720. The monoisotopic (exact) mass is 317 g/mol. The lowest BCUT2D eigenvalue weighted by Gasteiger charge is -2.27. The first-order chi connectivity index (χ1) is 11.0. The number of rotatable bonds is 5. The predicted molar refractivity (Wildman–Crippen MR) is 82.5 cm³/mol. The number of nitrogens with one attached hydrogen (secondary N) is 1. The Hall–Kier alpha value is -2.47. The molecule has 0 saturated heterocycles. The van der Waals surface area contributed by atoms with Crippen LogP contribution in [0.25, 0.3) is 0 Å². The van der Waals surface area contributed by atoms with E-state index in [1.165, 1.54) is 13.4 Å².